The van der Waals surface area contributed by atoms with Crippen LogP contribution < -0.4 is 0 Å². The molecule has 1 saturated heterocycles. The maximum absolute atomic E-state index is 12.2. The molecule has 1 aromatic heterocycles. The van der Waals surface area contributed by atoms with Crippen LogP contribution in [0.3, 0.4) is 0 Å². The highest BCUT2D eigenvalue weighted by molar-refractivity contribution is 7.07. The zero-order valence-electron chi connectivity index (χ0n) is 10.9. The van der Waals surface area contributed by atoms with Crippen molar-refractivity contribution in [1.29, 1.82) is 0 Å². The minimum Gasteiger partial charge on any atom is -0.389 e. The molecule has 2 rings (SSSR count). The fourth-order valence-electron chi connectivity index (χ4n) is 2.18. The van der Waals surface area contributed by atoms with Gasteiger partial charge in [0.2, 0.25) is 11.8 Å². The van der Waals surface area contributed by atoms with E-state index in [1.165, 1.54) is 6.92 Å². The molecule has 1 aromatic rings. The van der Waals surface area contributed by atoms with Crippen molar-refractivity contribution in [2.24, 2.45) is 0 Å². The first kappa shape index (κ1) is 14.0. The van der Waals surface area contributed by atoms with E-state index in [9.17, 15) is 14.7 Å². The van der Waals surface area contributed by atoms with E-state index in [-0.39, 0.29) is 11.8 Å². The molecule has 0 aliphatic carbocycles. The van der Waals surface area contributed by atoms with E-state index in [1.807, 2.05) is 16.8 Å². The number of nitrogens with zero attached hydrogens (tertiary/aromatic N) is 2. The van der Waals surface area contributed by atoms with Gasteiger partial charge in [-0.15, -0.1) is 0 Å². The summed E-state index contributed by atoms with van der Waals surface area (Å²) in [5.41, 5.74) is 0.997. The number of amides is 2. The van der Waals surface area contributed by atoms with Crippen molar-refractivity contribution in [3.8, 4) is 0 Å². The predicted molar refractivity (Wildman–Crippen MR) is 72.9 cm³/mol. The van der Waals surface area contributed by atoms with Gasteiger partial charge in [-0.2, -0.15) is 11.3 Å². The molecule has 104 valence electrons. The van der Waals surface area contributed by atoms with E-state index in [1.54, 1.807) is 21.1 Å². The van der Waals surface area contributed by atoms with Crippen molar-refractivity contribution in [2.45, 2.75) is 19.4 Å². The molecule has 0 aromatic carbocycles. The summed E-state index contributed by atoms with van der Waals surface area (Å²) in [7, 11) is 0. The van der Waals surface area contributed by atoms with E-state index in [2.05, 4.69) is 0 Å². The SMILES string of the molecule is CC(=O)N1CCN(C(=O)Cc2ccsc2)C[C@H](O)C1. The van der Waals surface area contributed by atoms with E-state index in [0.29, 0.717) is 32.6 Å². The number of carbonyl (C=O) groups is 2. The first-order chi connectivity index (χ1) is 9.06. The molecule has 1 aliphatic heterocycles. The van der Waals surface area contributed by atoms with Gasteiger partial charge in [0.1, 0.15) is 0 Å². The van der Waals surface area contributed by atoms with E-state index in [4.69, 9.17) is 0 Å². The van der Waals surface area contributed by atoms with Crippen molar-refractivity contribution in [3.05, 3.63) is 22.4 Å². The van der Waals surface area contributed by atoms with Gasteiger partial charge in [0.15, 0.2) is 0 Å². The molecule has 1 fully saturated rings. The number of β-amino-alcohol motifs (C(OH)–C–C–N with tert-alkyl or cyclic N) is 1. The fourth-order valence-corrected chi connectivity index (χ4v) is 2.85. The van der Waals surface area contributed by atoms with Crippen LogP contribution in [0.1, 0.15) is 12.5 Å². The molecule has 1 atom stereocenters. The molecule has 2 amide bonds. The number of hydrogen-bond acceptors (Lipinski definition) is 4. The van der Waals surface area contributed by atoms with Crippen molar-refractivity contribution < 1.29 is 14.7 Å². The summed E-state index contributed by atoms with van der Waals surface area (Å²) in [6, 6.07) is 1.93. The minimum absolute atomic E-state index is 0.00264. The molecule has 19 heavy (non-hydrogen) atoms. The molecule has 5 nitrogen and oxygen atoms in total. The number of thiophene rings is 1. The van der Waals surface area contributed by atoms with Gasteiger partial charge < -0.3 is 14.9 Å². The van der Waals surface area contributed by atoms with Gasteiger partial charge in [0.05, 0.1) is 12.5 Å². The maximum atomic E-state index is 12.2. The van der Waals surface area contributed by atoms with Gasteiger partial charge in [-0.3, -0.25) is 9.59 Å². The first-order valence-electron chi connectivity index (χ1n) is 6.28. The molecule has 0 unspecified atom stereocenters. The number of carbonyl (C=O) groups excluding carboxylic acids is 2. The third kappa shape index (κ3) is 3.78. The number of rotatable bonds is 2. The van der Waals surface area contributed by atoms with Gasteiger partial charge in [0.25, 0.3) is 0 Å². The monoisotopic (exact) mass is 282 g/mol. The summed E-state index contributed by atoms with van der Waals surface area (Å²) < 4.78 is 0. The average molecular weight is 282 g/mol. The van der Waals surface area contributed by atoms with Crippen LogP contribution in [-0.4, -0.2) is 59.0 Å². The Balaban J connectivity index is 1.96. The summed E-state index contributed by atoms with van der Waals surface area (Å²) in [5, 5.41) is 13.8. The Kier molecular flexibility index (Phi) is 4.55. The first-order valence-corrected chi connectivity index (χ1v) is 7.23. The summed E-state index contributed by atoms with van der Waals surface area (Å²) in [4.78, 5) is 26.7. The number of aliphatic hydroxyl groups is 1. The van der Waals surface area contributed by atoms with Crippen molar-refractivity contribution in [1.82, 2.24) is 9.80 Å². The Morgan fingerprint density at radius 3 is 2.68 bits per heavy atom. The van der Waals surface area contributed by atoms with Crippen LogP contribution in [0.5, 0.6) is 0 Å². The third-order valence-corrected chi connectivity index (χ3v) is 3.97. The zero-order chi connectivity index (χ0) is 13.8. The lowest BCUT2D eigenvalue weighted by atomic mass is 10.2. The number of hydrogen-bond donors (Lipinski definition) is 1. The van der Waals surface area contributed by atoms with Gasteiger partial charge >= 0.3 is 0 Å². The van der Waals surface area contributed by atoms with Crippen LogP contribution in [0.25, 0.3) is 0 Å². The molecule has 6 heteroatoms. The molecule has 0 radical (unpaired) electrons. The van der Waals surface area contributed by atoms with Crippen LogP contribution >= 0.6 is 11.3 Å². The Labute approximate surface area is 116 Å². The molecule has 1 aliphatic rings. The van der Waals surface area contributed by atoms with Crippen LogP contribution in [0.4, 0.5) is 0 Å². The molecule has 0 spiro atoms. The normalized spacial score (nSPS) is 20.2. The quantitative estimate of drug-likeness (QED) is 0.851. The van der Waals surface area contributed by atoms with Gasteiger partial charge in [0, 0.05) is 33.1 Å². The molecule has 0 bridgehead atoms. The summed E-state index contributed by atoms with van der Waals surface area (Å²) in [5.74, 6) is -0.0611. The number of aliphatic hydroxyl groups excluding tert-OH is 1. The second-order valence-corrected chi connectivity index (χ2v) is 5.55. The summed E-state index contributed by atoms with van der Waals surface area (Å²) in [6.07, 6.45) is -0.311. The molecule has 0 saturated carbocycles. The van der Waals surface area contributed by atoms with Crippen LogP contribution in [0.15, 0.2) is 16.8 Å². The standard InChI is InChI=1S/C13H18N2O3S/c1-10(16)14-3-4-15(8-12(17)7-14)13(18)6-11-2-5-19-9-11/h2,5,9,12,17H,3-4,6-8H2,1H3/t12-/m1/s1. The van der Waals surface area contributed by atoms with Crippen molar-refractivity contribution in [3.63, 3.8) is 0 Å². The van der Waals surface area contributed by atoms with Crippen molar-refractivity contribution in [2.75, 3.05) is 26.2 Å². The highest BCUT2D eigenvalue weighted by Crippen LogP contribution is 2.10. The fraction of sp³-hybridized carbons (Fsp3) is 0.538. The average Bonchev–Trinajstić information content (AvgIpc) is 2.76. The van der Waals surface area contributed by atoms with Gasteiger partial charge in [-0.05, 0) is 22.4 Å². The highest BCUT2D eigenvalue weighted by Gasteiger charge is 2.25. The largest absolute Gasteiger partial charge is 0.389 e. The van der Waals surface area contributed by atoms with E-state index in [0.717, 1.165) is 5.56 Å². The van der Waals surface area contributed by atoms with Gasteiger partial charge in [-0.1, -0.05) is 0 Å². The van der Waals surface area contributed by atoms with Crippen LogP contribution in [0.2, 0.25) is 0 Å². The molecule has 1 N–H and O–H groups in total. The van der Waals surface area contributed by atoms with Crippen LogP contribution in [0, 0.1) is 0 Å². The molecule has 2 heterocycles. The zero-order valence-corrected chi connectivity index (χ0v) is 11.7. The van der Waals surface area contributed by atoms with Crippen LogP contribution in [-0.2, 0) is 16.0 Å². The summed E-state index contributed by atoms with van der Waals surface area (Å²) >= 11 is 1.56. The van der Waals surface area contributed by atoms with Crippen molar-refractivity contribution >= 4 is 23.2 Å². The Morgan fingerprint density at radius 1 is 1.37 bits per heavy atom. The molecular weight excluding hydrogens is 264 g/mol. The van der Waals surface area contributed by atoms with E-state index >= 15 is 0 Å². The highest BCUT2D eigenvalue weighted by atomic mass is 32.1. The summed E-state index contributed by atoms with van der Waals surface area (Å²) in [6.45, 7) is 3.06. The smallest absolute Gasteiger partial charge is 0.227 e. The Morgan fingerprint density at radius 2 is 2.05 bits per heavy atom. The lowest BCUT2D eigenvalue weighted by Gasteiger charge is -2.21. The van der Waals surface area contributed by atoms with Gasteiger partial charge in [-0.25, -0.2) is 0 Å². The maximum Gasteiger partial charge on any atom is 0.227 e. The second-order valence-electron chi connectivity index (χ2n) is 4.77. The lowest BCUT2D eigenvalue weighted by molar-refractivity contribution is -0.132. The predicted octanol–water partition coefficient (Wildman–Crippen LogP) is 0.342. The lowest BCUT2D eigenvalue weighted by Crippen LogP contribution is -2.38. The van der Waals surface area contributed by atoms with E-state index < -0.39 is 6.10 Å². The second kappa shape index (κ2) is 6.16. The minimum atomic E-state index is -0.669. The molecular formula is C13H18N2O3S. The Bertz CT molecular complexity index is 447. The topological polar surface area (TPSA) is 60.9 Å². The third-order valence-electron chi connectivity index (χ3n) is 3.24. The Hall–Kier alpha value is -1.40.